The van der Waals surface area contributed by atoms with Crippen molar-refractivity contribution in [2.24, 2.45) is 5.41 Å². The molecule has 24 heavy (non-hydrogen) atoms. The van der Waals surface area contributed by atoms with Crippen molar-refractivity contribution < 1.29 is 9.59 Å². The van der Waals surface area contributed by atoms with Crippen molar-refractivity contribution in [1.29, 1.82) is 0 Å². The van der Waals surface area contributed by atoms with E-state index < -0.39 is 11.0 Å². The van der Waals surface area contributed by atoms with Crippen molar-refractivity contribution in [3.05, 3.63) is 18.5 Å². The lowest BCUT2D eigenvalue weighted by Gasteiger charge is -2.36. The maximum Gasteiger partial charge on any atom is 0.248 e. The lowest BCUT2D eigenvalue weighted by Crippen LogP contribution is -2.55. The number of nitrogens with one attached hydrogen (secondary N) is 3. The van der Waals surface area contributed by atoms with Crippen molar-refractivity contribution in [3.8, 4) is 0 Å². The molecule has 0 aromatic carbocycles. The summed E-state index contributed by atoms with van der Waals surface area (Å²) >= 11 is 0. The topological polar surface area (TPSA) is 88.1 Å². The van der Waals surface area contributed by atoms with Gasteiger partial charge in [-0.25, -0.2) is 0 Å². The number of nitrogens with zero attached hydrogens (tertiary/aromatic N) is 2. The highest BCUT2D eigenvalue weighted by atomic mass is 35.5. The van der Waals surface area contributed by atoms with Gasteiger partial charge in [-0.05, 0) is 32.0 Å². The van der Waals surface area contributed by atoms with Crippen molar-refractivity contribution in [1.82, 2.24) is 25.7 Å². The molecule has 3 N–H and O–H groups in total. The van der Waals surface area contributed by atoms with E-state index >= 15 is 0 Å². The highest BCUT2D eigenvalue weighted by molar-refractivity contribution is 5.85. The number of amides is 2. The van der Waals surface area contributed by atoms with Gasteiger partial charge in [0.05, 0.1) is 0 Å². The number of hydrogen-bond acceptors (Lipinski definition) is 4. The summed E-state index contributed by atoms with van der Waals surface area (Å²) in [6.07, 6.45) is 4.94. The average molecular weight is 358 g/mol. The average Bonchev–Trinajstić information content (AvgIpc) is 3.05. The van der Waals surface area contributed by atoms with Crippen LogP contribution in [-0.2, 0) is 15.1 Å². The van der Waals surface area contributed by atoms with Gasteiger partial charge in [-0.3, -0.25) is 14.3 Å². The van der Waals surface area contributed by atoms with Crippen LogP contribution in [0.2, 0.25) is 0 Å². The van der Waals surface area contributed by atoms with Crippen LogP contribution in [0.3, 0.4) is 0 Å². The number of hydrogen-bond donors (Lipinski definition) is 3. The summed E-state index contributed by atoms with van der Waals surface area (Å²) in [5.74, 6) is -0.0527. The molecule has 7 nitrogen and oxygen atoms in total. The first kappa shape index (κ1) is 20.4. The van der Waals surface area contributed by atoms with Gasteiger partial charge in [0.25, 0.3) is 0 Å². The molecule has 0 atom stereocenters. The van der Waals surface area contributed by atoms with Gasteiger partial charge in [0, 0.05) is 30.9 Å². The van der Waals surface area contributed by atoms with Crippen LogP contribution in [0.4, 0.5) is 0 Å². The Morgan fingerprint density at radius 2 is 1.83 bits per heavy atom. The Morgan fingerprint density at radius 1 is 1.21 bits per heavy atom. The van der Waals surface area contributed by atoms with Crippen molar-refractivity contribution in [2.75, 3.05) is 26.2 Å². The molecule has 0 radical (unpaired) electrons. The van der Waals surface area contributed by atoms with E-state index in [0.29, 0.717) is 25.9 Å². The molecule has 1 aliphatic rings. The van der Waals surface area contributed by atoms with E-state index in [1.807, 2.05) is 33.0 Å². The number of halogens is 1. The second-order valence-corrected chi connectivity index (χ2v) is 6.99. The second kappa shape index (κ2) is 8.48. The maximum absolute atomic E-state index is 12.7. The van der Waals surface area contributed by atoms with E-state index in [4.69, 9.17) is 0 Å². The first-order valence-electron chi connectivity index (χ1n) is 8.14. The lowest BCUT2D eigenvalue weighted by atomic mass is 9.87. The molecule has 2 amide bonds. The number of carbonyl (C=O) groups is 2. The monoisotopic (exact) mass is 357 g/mol. The zero-order valence-corrected chi connectivity index (χ0v) is 15.4. The molecule has 0 unspecified atom stereocenters. The zero-order chi connectivity index (χ0) is 16.9. The minimum Gasteiger partial charge on any atom is -0.354 e. The van der Waals surface area contributed by atoms with Crippen molar-refractivity contribution in [2.45, 2.75) is 39.2 Å². The molecular weight excluding hydrogens is 330 g/mol. The van der Waals surface area contributed by atoms with E-state index in [0.717, 1.165) is 13.1 Å². The standard InChI is InChI=1S/C16H27N5O2.ClH/c1-15(2,3)13(22)18-10-11-19-14(23)16(5-8-17-9-6-16)21-12-4-7-20-21;/h4,7,12,17H,5-6,8-11H2,1-3H3,(H,18,22)(H,19,23);1H. The lowest BCUT2D eigenvalue weighted by molar-refractivity contribution is -0.132. The highest BCUT2D eigenvalue weighted by Crippen LogP contribution is 2.27. The summed E-state index contributed by atoms with van der Waals surface area (Å²) in [7, 11) is 0. The molecule has 2 heterocycles. The smallest absolute Gasteiger partial charge is 0.248 e. The first-order chi connectivity index (χ1) is 10.9. The van der Waals surface area contributed by atoms with Crippen LogP contribution in [0.15, 0.2) is 18.5 Å². The number of piperidine rings is 1. The summed E-state index contributed by atoms with van der Waals surface area (Å²) in [5, 5.41) is 13.3. The van der Waals surface area contributed by atoms with Crippen LogP contribution in [-0.4, -0.2) is 47.8 Å². The first-order valence-corrected chi connectivity index (χ1v) is 8.14. The fraction of sp³-hybridized carbons (Fsp3) is 0.688. The number of carbonyl (C=O) groups excluding carboxylic acids is 2. The van der Waals surface area contributed by atoms with Gasteiger partial charge in [0.15, 0.2) is 0 Å². The molecule has 0 spiro atoms. The Balaban J connectivity index is 0.00000288. The maximum atomic E-state index is 12.7. The molecule has 136 valence electrons. The van der Waals surface area contributed by atoms with Gasteiger partial charge < -0.3 is 16.0 Å². The Bertz CT molecular complexity index is 533. The van der Waals surface area contributed by atoms with E-state index in [9.17, 15) is 9.59 Å². The Hall–Kier alpha value is -1.60. The van der Waals surface area contributed by atoms with E-state index in [1.54, 1.807) is 10.9 Å². The van der Waals surface area contributed by atoms with E-state index in [1.165, 1.54) is 0 Å². The Labute approximate surface area is 149 Å². The quantitative estimate of drug-likeness (QED) is 0.675. The minimum absolute atomic E-state index is 0. The Morgan fingerprint density at radius 3 is 2.38 bits per heavy atom. The van der Waals surface area contributed by atoms with E-state index in [-0.39, 0.29) is 24.2 Å². The van der Waals surface area contributed by atoms with Gasteiger partial charge >= 0.3 is 0 Å². The molecule has 1 aliphatic heterocycles. The molecule has 0 saturated carbocycles. The summed E-state index contributed by atoms with van der Waals surface area (Å²) < 4.78 is 1.76. The molecule has 1 fully saturated rings. The van der Waals surface area contributed by atoms with Gasteiger partial charge in [-0.2, -0.15) is 5.10 Å². The fourth-order valence-corrected chi connectivity index (χ4v) is 2.70. The van der Waals surface area contributed by atoms with Gasteiger partial charge in [-0.15, -0.1) is 12.4 Å². The molecule has 0 aliphatic carbocycles. The fourth-order valence-electron chi connectivity index (χ4n) is 2.70. The highest BCUT2D eigenvalue weighted by Gasteiger charge is 2.41. The summed E-state index contributed by atoms with van der Waals surface area (Å²) in [4.78, 5) is 24.6. The molecule has 1 aromatic rings. The van der Waals surface area contributed by atoms with Crippen molar-refractivity contribution in [3.63, 3.8) is 0 Å². The van der Waals surface area contributed by atoms with Crippen LogP contribution in [0.5, 0.6) is 0 Å². The third-order valence-corrected chi connectivity index (χ3v) is 4.17. The third kappa shape index (κ3) is 4.70. The van der Waals surface area contributed by atoms with Crippen LogP contribution in [0.1, 0.15) is 33.6 Å². The summed E-state index contributed by atoms with van der Waals surface area (Å²) in [6, 6.07) is 1.83. The molecule has 2 rings (SSSR count). The molecule has 1 aromatic heterocycles. The molecular formula is C16H28ClN5O2. The van der Waals surface area contributed by atoms with Crippen LogP contribution in [0, 0.1) is 5.41 Å². The largest absolute Gasteiger partial charge is 0.354 e. The summed E-state index contributed by atoms with van der Waals surface area (Å²) in [5.41, 5.74) is -1.06. The molecule has 8 heteroatoms. The third-order valence-electron chi connectivity index (χ3n) is 4.17. The van der Waals surface area contributed by atoms with Gasteiger partial charge in [-0.1, -0.05) is 20.8 Å². The SMILES string of the molecule is CC(C)(C)C(=O)NCCNC(=O)C1(n2cccn2)CCNCC1.Cl. The van der Waals surface area contributed by atoms with Gasteiger partial charge in [0.2, 0.25) is 11.8 Å². The van der Waals surface area contributed by atoms with E-state index in [2.05, 4.69) is 21.0 Å². The summed E-state index contributed by atoms with van der Waals surface area (Å²) in [6.45, 7) is 8.00. The number of rotatable bonds is 5. The van der Waals surface area contributed by atoms with Crippen LogP contribution in [0.25, 0.3) is 0 Å². The predicted octanol–water partition coefficient (Wildman–Crippen LogP) is 0.662. The Kier molecular flexibility index (Phi) is 7.23. The minimum atomic E-state index is -0.636. The van der Waals surface area contributed by atoms with Crippen LogP contribution < -0.4 is 16.0 Å². The zero-order valence-electron chi connectivity index (χ0n) is 14.6. The molecule has 1 saturated heterocycles. The number of aromatic nitrogens is 2. The second-order valence-electron chi connectivity index (χ2n) is 6.99. The predicted molar refractivity (Wildman–Crippen MR) is 95.0 cm³/mol. The normalized spacial score (nSPS) is 16.8. The van der Waals surface area contributed by atoms with Crippen molar-refractivity contribution >= 4 is 24.2 Å². The van der Waals surface area contributed by atoms with Gasteiger partial charge in [0.1, 0.15) is 5.54 Å². The van der Waals surface area contributed by atoms with Crippen LogP contribution >= 0.6 is 12.4 Å². The molecule has 0 bridgehead atoms.